The van der Waals surface area contributed by atoms with E-state index in [1.165, 1.54) is 58.8 Å². The third-order valence-corrected chi connectivity index (χ3v) is 9.94. The zero-order chi connectivity index (χ0) is 44.9. The normalized spacial score (nSPS) is 14.1. The van der Waals surface area contributed by atoms with Crippen molar-refractivity contribution in [2.24, 2.45) is 11.7 Å². The molecule has 11 N–H and O–H groups in total. The highest BCUT2D eigenvalue weighted by molar-refractivity contribution is 5.96. The largest absolute Gasteiger partial charge is 0.394 e. The Balaban J connectivity index is 2.96. The summed E-state index contributed by atoms with van der Waals surface area (Å²) in [5.74, 6) is -4.74. The molecule has 340 valence electrons. The molecule has 0 bridgehead atoms. The highest BCUT2D eigenvalue weighted by Gasteiger charge is 2.34. The molecular weight excluding hydrogens is 773 g/mol. The smallest absolute Gasteiger partial charge is 0.245 e. The lowest BCUT2D eigenvalue weighted by atomic mass is 9.99. The summed E-state index contributed by atoms with van der Waals surface area (Å²) >= 11 is 0. The topological polar surface area (TPSA) is 274 Å². The zero-order valence-electron chi connectivity index (χ0n) is 36.5. The van der Waals surface area contributed by atoms with Gasteiger partial charge in [0.15, 0.2) is 11.7 Å². The number of rotatable bonds is 33. The maximum atomic E-state index is 13.9. The highest BCUT2D eigenvalue weighted by Crippen LogP contribution is 2.11. The Bertz CT molecular complexity index is 1450. The van der Waals surface area contributed by atoms with Crippen molar-refractivity contribution in [3.63, 3.8) is 0 Å². The van der Waals surface area contributed by atoms with E-state index in [9.17, 15) is 39.0 Å². The van der Waals surface area contributed by atoms with E-state index in [0.29, 0.717) is 25.2 Å². The maximum absolute atomic E-state index is 13.9. The lowest BCUT2D eigenvalue weighted by molar-refractivity contribution is -0.136. The van der Waals surface area contributed by atoms with Crippen molar-refractivity contribution in [2.75, 3.05) is 26.4 Å². The van der Waals surface area contributed by atoms with E-state index in [1.807, 2.05) is 0 Å². The molecular formula is C43H74N8O9. The molecule has 60 heavy (non-hydrogen) atoms. The Kier molecular flexibility index (Phi) is 27.9. The van der Waals surface area contributed by atoms with Gasteiger partial charge in [0.05, 0.1) is 12.7 Å². The fourth-order valence-corrected chi connectivity index (χ4v) is 6.32. The van der Waals surface area contributed by atoms with Crippen molar-refractivity contribution in [3.8, 4) is 0 Å². The van der Waals surface area contributed by atoms with Crippen molar-refractivity contribution in [2.45, 2.75) is 161 Å². The van der Waals surface area contributed by atoms with Crippen LogP contribution in [0.25, 0.3) is 0 Å². The summed E-state index contributed by atoms with van der Waals surface area (Å²) in [7, 11) is 0. The first-order chi connectivity index (χ1) is 28.6. The number of aliphatic hydroxyl groups excluding tert-OH is 2. The molecule has 0 heterocycles. The number of carbonyl (C=O) groups excluding carboxylic acids is 6. The van der Waals surface area contributed by atoms with Gasteiger partial charge < -0.3 is 52.6 Å². The minimum absolute atomic E-state index is 0.000614. The Labute approximate surface area is 356 Å². The lowest BCUT2D eigenvalue weighted by Crippen LogP contribution is -2.61. The molecule has 0 unspecified atom stereocenters. The fraction of sp³-hybridized carbons (Fsp3) is 0.698. The SMILES string of the molecule is CCCCCCCCCCCOCCCC(=O)N[C@H](C(=O)N[C@H](C(=O)N[C@@H](Cc1ccccc1)C(=O)N[C@@H](CCCNC(=N)N)C(=O)N[C@@H](CO)C(C)=O)C(C)C)[C@@H](C)O. The molecule has 5 amide bonds. The van der Waals surface area contributed by atoms with Gasteiger partial charge in [0, 0.05) is 32.6 Å². The van der Waals surface area contributed by atoms with Crippen molar-refractivity contribution >= 4 is 41.3 Å². The summed E-state index contributed by atoms with van der Waals surface area (Å²) in [6.45, 7) is 8.68. The average molecular weight is 847 g/mol. The van der Waals surface area contributed by atoms with Crippen LogP contribution in [-0.4, -0.2) is 114 Å². The van der Waals surface area contributed by atoms with Crippen LogP contribution in [0.2, 0.25) is 0 Å². The number of ether oxygens (including phenoxy) is 1. The van der Waals surface area contributed by atoms with E-state index in [4.69, 9.17) is 15.9 Å². The van der Waals surface area contributed by atoms with Gasteiger partial charge in [-0.1, -0.05) is 102 Å². The van der Waals surface area contributed by atoms with Crippen LogP contribution in [-0.2, 0) is 39.9 Å². The zero-order valence-corrected chi connectivity index (χ0v) is 36.5. The number of amides is 5. The number of hydrogen-bond donors (Lipinski definition) is 10. The first-order valence-corrected chi connectivity index (χ1v) is 21.6. The molecule has 0 fully saturated rings. The van der Waals surface area contributed by atoms with Gasteiger partial charge in [-0.3, -0.25) is 34.2 Å². The van der Waals surface area contributed by atoms with Crippen molar-refractivity contribution in [1.29, 1.82) is 5.41 Å². The van der Waals surface area contributed by atoms with Crippen LogP contribution in [0, 0.1) is 11.3 Å². The fourth-order valence-electron chi connectivity index (χ4n) is 6.32. The molecule has 6 atom stereocenters. The first-order valence-electron chi connectivity index (χ1n) is 21.6. The number of nitrogens with two attached hydrogens (primary N) is 1. The average Bonchev–Trinajstić information content (AvgIpc) is 3.20. The summed E-state index contributed by atoms with van der Waals surface area (Å²) in [5, 5.41) is 43.1. The van der Waals surface area contributed by atoms with E-state index in [0.717, 1.165) is 12.8 Å². The molecule has 1 rings (SSSR count). The number of nitrogens with one attached hydrogen (secondary N) is 7. The number of aliphatic hydroxyl groups is 2. The van der Waals surface area contributed by atoms with Gasteiger partial charge in [0.25, 0.3) is 0 Å². The van der Waals surface area contributed by atoms with Gasteiger partial charge in [0.2, 0.25) is 29.5 Å². The quantitative estimate of drug-likeness (QED) is 0.0277. The summed E-state index contributed by atoms with van der Waals surface area (Å²) in [6.07, 6.45) is 10.4. The molecule has 0 aromatic heterocycles. The van der Waals surface area contributed by atoms with Crippen LogP contribution in [0.15, 0.2) is 30.3 Å². The van der Waals surface area contributed by atoms with Gasteiger partial charge in [-0.05, 0) is 51.0 Å². The van der Waals surface area contributed by atoms with Crippen LogP contribution < -0.4 is 37.6 Å². The second-order valence-electron chi connectivity index (χ2n) is 15.7. The van der Waals surface area contributed by atoms with Crippen molar-refractivity contribution in [1.82, 2.24) is 31.9 Å². The molecule has 0 radical (unpaired) electrons. The Morgan fingerprint density at radius 3 is 1.82 bits per heavy atom. The van der Waals surface area contributed by atoms with Crippen LogP contribution in [0.5, 0.6) is 0 Å². The maximum Gasteiger partial charge on any atom is 0.245 e. The van der Waals surface area contributed by atoms with Gasteiger partial charge in [0.1, 0.15) is 30.2 Å². The minimum Gasteiger partial charge on any atom is -0.394 e. The van der Waals surface area contributed by atoms with Crippen LogP contribution in [0.4, 0.5) is 0 Å². The van der Waals surface area contributed by atoms with Crippen molar-refractivity contribution < 1.29 is 43.7 Å². The Morgan fingerprint density at radius 2 is 1.25 bits per heavy atom. The van der Waals surface area contributed by atoms with E-state index in [2.05, 4.69) is 38.8 Å². The molecule has 17 heteroatoms. The highest BCUT2D eigenvalue weighted by atomic mass is 16.5. The number of unbranched alkanes of at least 4 members (excludes halogenated alkanes) is 8. The molecule has 1 aromatic rings. The Hall–Kier alpha value is -4.61. The van der Waals surface area contributed by atoms with Crippen molar-refractivity contribution in [3.05, 3.63) is 35.9 Å². The second-order valence-corrected chi connectivity index (χ2v) is 15.7. The molecule has 0 spiro atoms. The predicted octanol–water partition coefficient (Wildman–Crippen LogP) is 1.86. The van der Waals surface area contributed by atoms with Crippen LogP contribution in [0.3, 0.4) is 0 Å². The van der Waals surface area contributed by atoms with Gasteiger partial charge in [-0.2, -0.15) is 0 Å². The summed E-state index contributed by atoms with van der Waals surface area (Å²) < 4.78 is 5.69. The first kappa shape index (κ1) is 53.4. The molecule has 0 aliphatic carbocycles. The van der Waals surface area contributed by atoms with E-state index < -0.39 is 84.2 Å². The number of hydrogen-bond acceptors (Lipinski definition) is 10. The molecule has 1 aromatic carbocycles. The number of Topliss-reactive ketones (excluding diaryl/α,β-unsaturated/α-hetero) is 1. The molecule has 0 saturated heterocycles. The molecule has 0 aliphatic rings. The van der Waals surface area contributed by atoms with Crippen LogP contribution >= 0.6 is 0 Å². The monoisotopic (exact) mass is 847 g/mol. The molecule has 17 nitrogen and oxygen atoms in total. The number of benzene rings is 1. The summed E-state index contributed by atoms with van der Waals surface area (Å²) in [4.78, 5) is 79.4. The molecule has 0 saturated carbocycles. The van der Waals surface area contributed by atoms with E-state index in [-0.39, 0.29) is 38.2 Å². The van der Waals surface area contributed by atoms with Crippen LogP contribution in [0.1, 0.15) is 124 Å². The second kappa shape index (κ2) is 31.3. The number of guanidine groups is 1. The summed E-state index contributed by atoms with van der Waals surface area (Å²) in [6, 6.07) is 2.58. The summed E-state index contributed by atoms with van der Waals surface area (Å²) in [5.41, 5.74) is 6.04. The van der Waals surface area contributed by atoms with Gasteiger partial charge in [-0.25, -0.2) is 0 Å². The number of carbonyl (C=O) groups is 6. The third-order valence-electron chi connectivity index (χ3n) is 9.94. The third kappa shape index (κ3) is 23.3. The number of ketones is 1. The molecule has 0 aliphatic heterocycles. The lowest BCUT2D eigenvalue weighted by Gasteiger charge is -2.29. The van der Waals surface area contributed by atoms with E-state index >= 15 is 0 Å². The Morgan fingerprint density at radius 1 is 0.700 bits per heavy atom. The van der Waals surface area contributed by atoms with Gasteiger partial charge in [-0.15, -0.1) is 0 Å². The van der Waals surface area contributed by atoms with E-state index in [1.54, 1.807) is 44.2 Å². The predicted molar refractivity (Wildman–Crippen MR) is 231 cm³/mol. The minimum atomic E-state index is -1.37. The van der Waals surface area contributed by atoms with Gasteiger partial charge >= 0.3 is 0 Å². The standard InChI is InChI=1S/C43H74N8O9/c1-6-7-8-9-10-11-12-13-17-25-60-26-19-23-36(55)50-38(31(5)54)42(59)51-37(29(2)3)41(58)48-34(27-32-20-15-14-16-21-32)40(57)47-33(22-18-24-46-43(44)45)39(56)49-35(28-52)30(4)53/h14-16,20-21,29,31,33-35,37-38,52,54H,6-13,17-19,22-28H2,1-5H3,(H,47,57)(H,48,58)(H,49,56)(H,50,55)(H,51,59)(H4,44,45,46)/t31-,33+,34+,35+,37+,38+/m1/s1.